The van der Waals surface area contributed by atoms with Crippen LogP contribution in [-0.4, -0.2) is 30.2 Å². The Morgan fingerprint density at radius 3 is 2.64 bits per heavy atom. The summed E-state index contributed by atoms with van der Waals surface area (Å²) in [5, 5.41) is 12.5. The number of alkyl halides is 2. The van der Waals surface area contributed by atoms with E-state index in [2.05, 4.69) is 5.32 Å². The van der Waals surface area contributed by atoms with Gasteiger partial charge in [-0.25, -0.2) is 8.78 Å². The van der Waals surface area contributed by atoms with Gasteiger partial charge in [-0.1, -0.05) is 17.7 Å². The number of carboxylic acids is 1. The zero-order chi connectivity index (χ0) is 16.1. The van der Waals surface area contributed by atoms with Gasteiger partial charge >= 0.3 is 5.97 Å². The molecule has 1 aromatic carbocycles. The lowest BCUT2D eigenvalue weighted by Crippen LogP contribution is -2.29. The molecule has 22 heavy (non-hydrogen) atoms. The summed E-state index contributed by atoms with van der Waals surface area (Å²) in [5.41, 5.74) is 0.562. The predicted octanol–water partition coefficient (Wildman–Crippen LogP) is 4.04. The van der Waals surface area contributed by atoms with E-state index in [-0.39, 0.29) is 22.7 Å². The first kappa shape index (κ1) is 16.8. The smallest absolute Gasteiger partial charge is 0.306 e. The molecule has 4 nitrogen and oxygen atoms in total. The average molecular weight is 334 g/mol. The van der Waals surface area contributed by atoms with E-state index in [0.717, 1.165) is 0 Å². The maximum Gasteiger partial charge on any atom is 0.306 e. The van der Waals surface area contributed by atoms with Gasteiger partial charge in [-0.15, -0.1) is 0 Å². The SMILES string of the molecule is O=C(O)C1CCC(Nc2cccc(Cl)c2OCC(F)F)CC1. The zero-order valence-corrected chi connectivity index (χ0v) is 12.7. The number of benzene rings is 1. The van der Waals surface area contributed by atoms with Crippen molar-refractivity contribution in [2.24, 2.45) is 5.92 Å². The molecule has 0 saturated heterocycles. The van der Waals surface area contributed by atoms with Gasteiger partial charge in [0.2, 0.25) is 0 Å². The maximum atomic E-state index is 12.3. The Kier molecular flexibility index (Phi) is 5.83. The second-order valence-corrected chi connectivity index (χ2v) is 5.76. The van der Waals surface area contributed by atoms with Crippen LogP contribution in [0.1, 0.15) is 25.7 Å². The molecule has 2 N–H and O–H groups in total. The van der Waals surface area contributed by atoms with Crippen molar-refractivity contribution in [3.8, 4) is 5.75 Å². The highest BCUT2D eigenvalue weighted by molar-refractivity contribution is 6.32. The highest BCUT2D eigenvalue weighted by Gasteiger charge is 2.26. The second-order valence-electron chi connectivity index (χ2n) is 5.35. The van der Waals surface area contributed by atoms with Crippen LogP contribution in [0.3, 0.4) is 0 Å². The molecule has 0 aliphatic heterocycles. The van der Waals surface area contributed by atoms with Crippen LogP contribution in [0.15, 0.2) is 18.2 Å². The first-order valence-corrected chi connectivity index (χ1v) is 7.54. The number of hydrogen-bond acceptors (Lipinski definition) is 3. The van der Waals surface area contributed by atoms with E-state index in [9.17, 15) is 13.6 Å². The predicted molar refractivity (Wildman–Crippen MR) is 80.0 cm³/mol. The fraction of sp³-hybridized carbons (Fsp3) is 0.533. The fourth-order valence-corrected chi connectivity index (χ4v) is 2.85. The first-order chi connectivity index (χ1) is 10.5. The van der Waals surface area contributed by atoms with Gasteiger partial charge in [-0.2, -0.15) is 0 Å². The number of anilines is 1. The van der Waals surface area contributed by atoms with Crippen LogP contribution in [0.2, 0.25) is 5.02 Å². The first-order valence-electron chi connectivity index (χ1n) is 7.16. The Bertz CT molecular complexity index is 520. The fourth-order valence-electron chi connectivity index (χ4n) is 2.62. The maximum absolute atomic E-state index is 12.3. The summed E-state index contributed by atoms with van der Waals surface area (Å²) in [6, 6.07) is 5.09. The van der Waals surface area contributed by atoms with E-state index in [1.54, 1.807) is 18.2 Å². The summed E-state index contributed by atoms with van der Waals surface area (Å²) < 4.78 is 29.7. The third kappa shape index (κ3) is 4.47. The Morgan fingerprint density at radius 1 is 1.36 bits per heavy atom. The second kappa shape index (κ2) is 7.63. The lowest BCUT2D eigenvalue weighted by molar-refractivity contribution is -0.142. The third-order valence-electron chi connectivity index (χ3n) is 3.76. The average Bonchev–Trinajstić information content (AvgIpc) is 2.47. The van der Waals surface area contributed by atoms with Crippen molar-refractivity contribution in [3.05, 3.63) is 23.2 Å². The highest BCUT2D eigenvalue weighted by atomic mass is 35.5. The number of aliphatic carboxylic acids is 1. The van der Waals surface area contributed by atoms with Gasteiger partial charge < -0.3 is 15.2 Å². The van der Waals surface area contributed by atoms with Crippen molar-refractivity contribution in [2.75, 3.05) is 11.9 Å². The summed E-state index contributed by atoms with van der Waals surface area (Å²) in [6.45, 7) is -0.718. The molecule has 122 valence electrons. The molecule has 1 saturated carbocycles. The molecule has 1 aliphatic rings. The van der Waals surface area contributed by atoms with Gasteiger partial charge in [0.1, 0.15) is 6.61 Å². The van der Waals surface area contributed by atoms with Crippen LogP contribution < -0.4 is 10.1 Å². The lowest BCUT2D eigenvalue weighted by atomic mass is 9.86. The minimum absolute atomic E-state index is 0.0861. The van der Waals surface area contributed by atoms with Gasteiger partial charge in [0.25, 0.3) is 6.43 Å². The Hall–Kier alpha value is -1.56. The number of halogens is 3. The molecule has 1 aromatic rings. The zero-order valence-electron chi connectivity index (χ0n) is 11.9. The van der Waals surface area contributed by atoms with Crippen LogP contribution in [-0.2, 0) is 4.79 Å². The van der Waals surface area contributed by atoms with Crippen molar-refractivity contribution < 1.29 is 23.4 Å². The number of ether oxygens (including phenoxy) is 1. The molecule has 0 radical (unpaired) electrons. The quantitative estimate of drug-likeness (QED) is 0.825. The minimum Gasteiger partial charge on any atom is -0.484 e. The highest BCUT2D eigenvalue weighted by Crippen LogP contribution is 2.35. The molecule has 0 spiro atoms. The van der Waals surface area contributed by atoms with E-state index in [1.165, 1.54) is 0 Å². The molecular weight excluding hydrogens is 316 g/mol. The van der Waals surface area contributed by atoms with Gasteiger partial charge in [0, 0.05) is 6.04 Å². The van der Waals surface area contributed by atoms with Crippen LogP contribution in [0.25, 0.3) is 0 Å². The van der Waals surface area contributed by atoms with Crippen LogP contribution >= 0.6 is 11.6 Å². The summed E-state index contributed by atoms with van der Waals surface area (Å²) >= 11 is 6.01. The van der Waals surface area contributed by atoms with Crippen molar-refractivity contribution in [1.82, 2.24) is 0 Å². The number of hydrogen-bond donors (Lipinski definition) is 2. The molecule has 7 heteroatoms. The minimum atomic E-state index is -2.57. The molecule has 2 rings (SSSR count). The monoisotopic (exact) mass is 333 g/mol. The summed E-state index contributed by atoms with van der Waals surface area (Å²) in [5.74, 6) is -0.848. The lowest BCUT2D eigenvalue weighted by Gasteiger charge is -2.28. The number of nitrogens with one attached hydrogen (secondary N) is 1. The molecule has 0 unspecified atom stereocenters. The van der Waals surface area contributed by atoms with Crippen molar-refractivity contribution >= 4 is 23.3 Å². The Morgan fingerprint density at radius 2 is 2.05 bits per heavy atom. The summed E-state index contributed by atoms with van der Waals surface area (Å²) in [7, 11) is 0. The Balaban J connectivity index is 2.00. The number of rotatable bonds is 6. The molecule has 1 aliphatic carbocycles. The Labute approximate surface area is 132 Å². The molecule has 0 amide bonds. The molecule has 0 aromatic heterocycles. The normalized spacial score (nSPS) is 21.6. The molecule has 0 atom stereocenters. The standard InChI is InChI=1S/C15H18ClF2NO3/c16-11-2-1-3-12(14(11)22-8-13(17)18)19-10-6-4-9(5-7-10)15(20)21/h1-3,9-10,13,19H,4-8H2,(H,20,21). The van der Waals surface area contributed by atoms with Gasteiger partial charge in [-0.3, -0.25) is 4.79 Å². The van der Waals surface area contributed by atoms with E-state index < -0.39 is 19.0 Å². The van der Waals surface area contributed by atoms with Crippen molar-refractivity contribution in [3.63, 3.8) is 0 Å². The van der Waals surface area contributed by atoms with Crippen LogP contribution in [0, 0.1) is 5.92 Å². The molecular formula is C15H18ClF2NO3. The molecule has 0 bridgehead atoms. The number of carboxylic acid groups (broad SMARTS) is 1. The largest absolute Gasteiger partial charge is 0.484 e. The molecule has 0 heterocycles. The van der Waals surface area contributed by atoms with Crippen LogP contribution in [0.4, 0.5) is 14.5 Å². The van der Waals surface area contributed by atoms with E-state index in [0.29, 0.717) is 31.4 Å². The van der Waals surface area contributed by atoms with E-state index >= 15 is 0 Å². The summed E-state index contributed by atoms with van der Waals surface area (Å²) in [6.07, 6.45) is 0.0343. The van der Waals surface area contributed by atoms with E-state index in [1.807, 2.05) is 0 Å². The summed E-state index contributed by atoms with van der Waals surface area (Å²) in [4.78, 5) is 10.9. The third-order valence-corrected chi connectivity index (χ3v) is 4.05. The van der Waals surface area contributed by atoms with Gasteiger partial charge in [0.05, 0.1) is 16.6 Å². The number of para-hydroxylation sites is 1. The van der Waals surface area contributed by atoms with Crippen LogP contribution in [0.5, 0.6) is 5.75 Å². The van der Waals surface area contributed by atoms with Crippen molar-refractivity contribution in [2.45, 2.75) is 38.2 Å². The topological polar surface area (TPSA) is 58.6 Å². The van der Waals surface area contributed by atoms with Gasteiger partial charge in [0.15, 0.2) is 5.75 Å². The number of carbonyl (C=O) groups is 1. The van der Waals surface area contributed by atoms with Gasteiger partial charge in [-0.05, 0) is 37.8 Å². The van der Waals surface area contributed by atoms with Crippen molar-refractivity contribution in [1.29, 1.82) is 0 Å². The molecule has 1 fully saturated rings. The van der Waals surface area contributed by atoms with E-state index in [4.69, 9.17) is 21.4 Å².